The Labute approximate surface area is 119 Å². The van der Waals surface area contributed by atoms with Crippen LogP contribution in [0.2, 0.25) is 5.02 Å². The topological polar surface area (TPSA) is 24.4 Å². The van der Waals surface area contributed by atoms with Gasteiger partial charge in [-0.25, -0.2) is 0 Å². The predicted molar refractivity (Wildman–Crippen MR) is 81.4 cm³/mol. The molecule has 0 aromatic heterocycles. The number of hydrogen-bond donors (Lipinski definition) is 1. The predicted octanol–water partition coefficient (Wildman–Crippen LogP) is 4.79. The first kappa shape index (κ1) is 13.2. The summed E-state index contributed by atoms with van der Waals surface area (Å²) < 4.78 is 0.912. The number of halogens is 2. The molecular formula is C12H14BrClN2S. The number of hydrogen-bond acceptors (Lipinski definition) is 3. The maximum absolute atomic E-state index is 6.04. The average Bonchev–Trinajstić information content (AvgIpc) is 2.72. The summed E-state index contributed by atoms with van der Waals surface area (Å²) >= 11 is 11.2. The van der Waals surface area contributed by atoms with Gasteiger partial charge in [-0.15, -0.1) is 0 Å². The number of rotatable bonds is 3. The molecule has 1 aromatic carbocycles. The molecule has 1 unspecified atom stereocenters. The first-order valence-corrected chi connectivity index (χ1v) is 7.67. The number of anilines is 1. The molecule has 0 amide bonds. The van der Waals surface area contributed by atoms with Gasteiger partial charge in [-0.3, -0.25) is 4.99 Å². The van der Waals surface area contributed by atoms with Gasteiger partial charge in [0.2, 0.25) is 0 Å². The van der Waals surface area contributed by atoms with Crippen molar-refractivity contribution in [3.63, 3.8) is 0 Å². The van der Waals surface area contributed by atoms with E-state index in [-0.39, 0.29) is 0 Å². The van der Waals surface area contributed by atoms with E-state index in [4.69, 9.17) is 11.6 Å². The number of benzene rings is 1. The van der Waals surface area contributed by atoms with Crippen LogP contribution in [-0.4, -0.2) is 17.0 Å². The number of amidine groups is 1. The third kappa shape index (κ3) is 3.63. The minimum Gasteiger partial charge on any atom is -0.335 e. The second-order valence-electron chi connectivity index (χ2n) is 3.93. The molecule has 1 aliphatic heterocycles. The summed E-state index contributed by atoms with van der Waals surface area (Å²) in [6.07, 6.45) is 2.44. The highest BCUT2D eigenvalue weighted by Crippen LogP contribution is 2.29. The van der Waals surface area contributed by atoms with Gasteiger partial charge in [-0.2, -0.15) is 0 Å². The van der Waals surface area contributed by atoms with Crippen LogP contribution < -0.4 is 5.32 Å². The van der Waals surface area contributed by atoms with E-state index in [1.165, 1.54) is 12.8 Å². The van der Waals surface area contributed by atoms with Crippen molar-refractivity contribution in [1.82, 2.24) is 0 Å². The second kappa shape index (κ2) is 6.12. The number of nitrogens with zero attached hydrogens (tertiary/aromatic N) is 1. The van der Waals surface area contributed by atoms with Crippen molar-refractivity contribution >= 4 is 50.1 Å². The lowest BCUT2D eigenvalue weighted by molar-refractivity contribution is 0.754. The molecule has 17 heavy (non-hydrogen) atoms. The van der Waals surface area contributed by atoms with Crippen LogP contribution in [0.5, 0.6) is 0 Å². The summed E-state index contributed by atoms with van der Waals surface area (Å²) in [5.41, 5.74) is 0.988. The summed E-state index contributed by atoms with van der Waals surface area (Å²) in [4.78, 5) is 4.50. The fraction of sp³-hybridized carbons (Fsp3) is 0.417. The summed E-state index contributed by atoms with van der Waals surface area (Å²) in [5.74, 6) is 0. The molecule has 5 heteroatoms. The van der Waals surface area contributed by atoms with Gasteiger partial charge in [0.1, 0.15) is 0 Å². The number of thioether (sulfide) groups is 1. The van der Waals surface area contributed by atoms with Crippen LogP contribution in [0.1, 0.15) is 19.8 Å². The SMILES string of the molecule is CCCC1CN=C(Nc2ccc(Br)c(Cl)c2)S1. The number of nitrogens with one attached hydrogen (secondary N) is 1. The van der Waals surface area contributed by atoms with E-state index in [0.29, 0.717) is 10.3 Å². The van der Waals surface area contributed by atoms with Crippen LogP contribution in [0, 0.1) is 0 Å². The molecule has 0 aliphatic carbocycles. The molecule has 1 aliphatic rings. The Morgan fingerprint density at radius 3 is 3.12 bits per heavy atom. The van der Waals surface area contributed by atoms with Gasteiger partial charge in [0, 0.05) is 15.4 Å². The molecule has 2 nitrogen and oxygen atoms in total. The fourth-order valence-corrected chi connectivity index (χ4v) is 3.23. The van der Waals surface area contributed by atoms with E-state index >= 15 is 0 Å². The minimum atomic E-state index is 0.633. The molecule has 0 spiro atoms. The van der Waals surface area contributed by atoms with Gasteiger partial charge in [0.15, 0.2) is 5.17 Å². The Hall–Kier alpha value is -0.190. The summed E-state index contributed by atoms with van der Waals surface area (Å²) in [5, 5.41) is 5.65. The van der Waals surface area contributed by atoms with E-state index in [1.807, 2.05) is 30.0 Å². The van der Waals surface area contributed by atoms with Gasteiger partial charge in [0.05, 0.1) is 11.6 Å². The van der Waals surface area contributed by atoms with Crippen LogP contribution in [0.15, 0.2) is 27.7 Å². The normalized spacial score (nSPS) is 19.2. The second-order valence-corrected chi connectivity index (χ2v) is 6.48. The molecule has 1 heterocycles. The Balaban J connectivity index is 1.96. The third-order valence-electron chi connectivity index (χ3n) is 2.50. The van der Waals surface area contributed by atoms with Crippen molar-refractivity contribution in [2.24, 2.45) is 4.99 Å². The lowest BCUT2D eigenvalue weighted by Crippen LogP contribution is -2.07. The van der Waals surface area contributed by atoms with Gasteiger partial charge in [-0.1, -0.05) is 36.7 Å². The van der Waals surface area contributed by atoms with Gasteiger partial charge < -0.3 is 5.32 Å². The molecule has 2 rings (SSSR count). The van der Waals surface area contributed by atoms with Crippen LogP contribution in [-0.2, 0) is 0 Å². The quantitative estimate of drug-likeness (QED) is 0.860. The molecule has 0 saturated heterocycles. The molecule has 0 bridgehead atoms. The maximum atomic E-state index is 6.04. The lowest BCUT2D eigenvalue weighted by Gasteiger charge is -2.08. The van der Waals surface area contributed by atoms with Gasteiger partial charge in [-0.05, 0) is 40.5 Å². The van der Waals surface area contributed by atoms with E-state index in [1.54, 1.807) is 0 Å². The Morgan fingerprint density at radius 1 is 1.59 bits per heavy atom. The smallest absolute Gasteiger partial charge is 0.161 e. The summed E-state index contributed by atoms with van der Waals surface area (Å²) in [6, 6.07) is 5.84. The zero-order chi connectivity index (χ0) is 12.3. The Morgan fingerprint density at radius 2 is 2.41 bits per heavy atom. The van der Waals surface area contributed by atoms with Crippen molar-refractivity contribution in [1.29, 1.82) is 0 Å². The Kier molecular flexibility index (Phi) is 4.77. The monoisotopic (exact) mass is 332 g/mol. The molecule has 0 radical (unpaired) electrons. The van der Waals surface area contributed by atoms with Crippen molar-refractivity contribution in [2.75, 3.05) is 11.9 Å². The van der Waals surface area contributed by atoms with Crippen LogP contribution in [0.25, 0.3) is 0 Å². The van der Waals surface area contributed by atoms with E-state index in [0.717, 1.165) is 21.9 Å². The highest BCUT2D eigenvalue weighted by Gasteiger charge is 2.18. The van der Waals surface area contributed by atoms with Crippen molar-refractivity contribution in [3.8, 4) is 0 Å². The molecular weight excluding hydrogens is 320 g/mol. The summed E-state index contributed by atoms with van der Waals surface area (Å²) in [7, 11) is 0. The average molecular weight is 334 g/mol. The van der Waals surface area contributed by atoms with Crippen molar-refractivity contribution in [3.05, 3.63) is 27.7 Å². The third-order valence-corrected chi connectivity index (χ3v) is 4.90. The molecule has 1 aromatic rings. The van der Waals surface area contributed by atoms with Crippen LogP contribution in [0.3, 0.4) is 0 Å². The molecule has 92 valence electrons. The Bertz CT molecular complexity index is 437. The molecule has 0 saturated carbocycles. The zero-order valence-corrected chi connectivity index (χ0v) is 12.7. The van der Waals surface area contributed by atoms with E-state index in [2.05, 4.69) is 33.2 Å². The minimum absolute atomic E-state index is 0.633. The van der Waals surface area contributed by atoms with Gasteiger partial charge >= 0.3 is 0 Å². The highest BCUT2D eigenvalue weighted by atomic mass is 79.9. The maximum Gasteiger partial charge on any atom is 0.161 e. The van der Waals surface area contributed by atoms with Crippen molar-refractivity contribution in [2.45, 2.75) is 25.0 Å². The van der Waals surface area contributed by atoms with E-state index < -0.39 is 0 Å². The van der Waals surface area contributed by atoms with Crippen LogP contribution >= 0.6 is 39.3 Å². The first-order chi connectivity index (χ1) is 8.19. The van der Waals surface area contributed by atoms with Crippen molar-refractivity contribution < 1.29 is 0 Å². The van der Waals surface area contributed by atoms with Crippen LogP contribution in [0.4, 0.5) is 5.69 Å². The molecule has 0 fully saturated rings. The lowest BCUT2D eigenvalue weighted by atomic mass is 10.2. The number of aliphatic imine (C=N–C) groups is 1. The first-order valence-electron chi connectivity index (χ1n) is 5.62. The molecule has 1 atom stereocenters. The zero-order valence-electron chi connectivity index (χ0n) is 9.54. The standard InChI is InChI=1S/C12H14BrClN2S/c1-2-3-9-7-15-12(17-9)16-8-4-5-10(13)11(14)6-8/h4-6,9H,2-3,7H2,1H3,(H,15,16). The fourth-order valence-electron chi connectivity index (χ4n) is 1.66. The largest absolute Gasteiger partial charge is 0.335 e. The van der Waals surface area contributed by atoms with E-state index in [9.17, 15) is 0 Å². The van der Waals surface area contributed by atoms with Gasteiger partial charge in [0.25, 0.3) is 0 Å². The molecule has 1 N–H and O–H groups in total. The highest BCUT2D eigenvalue weighted by molar-refractivity contribution is 9.10. The summed E-state index contributed by atoms with van der Waals surface area (Å²) in [6.45, 7) is 3.13.